The summed E-state index contributed by atoms with van der Waals surface area (Å²) < 4.78 is 2.15. The van der Waals surface area contributed by atoms with Gasteiger partial charge in [-0.15, -0.1) is 0 Å². The van der Waals surface area contributed by atoms with E-state index >= 15 is 0 Å². The summed E-state index contributed by atoms with van der Waals surface area (Å²) in [6.07, 6.45) is 4.95. The molecule has 1 aromatic heterocycles. The van der Waals surface area contributed by atoms with Crippen molar-refractivity contribution in [2.45, 2.75) is 51.7 Å². The maximum Gasteiger partial charge on any atom is 0.272 e. The van der Waals surface area contributed by atoms with Crippen LogP contribution >= 0.6 is 11.8 Å². The molecule has 1 saturated heterocycles. The van der Waals surface area contributed by atoms with Crippen LogP contribution in [0.5, 0.6) is 0 Å². The van der Waals surface area contributed by atoms with E-state index in [0.717, 1.165) is 32.0 Å². The molecule has 1 amide bonds. The molecule has 4 rings (SSSR count). The smallest absolute Gasteiger partial charge is 0.272 e. The van der Waals surface area contributed by atoms with E-state index < -0.39 is 0 Å². The Balaban J connectivity index is 1.61. The van der Waals surface area contributed by atoms with Crippen molar-refractivity contribution >= 4 is 17.7 Å². The largest absolute Gasteiger partial charge is 0.351 e. The predicted octanol–water partition coefficient (Wildman–Crippen LogP) is 1.91. The molecule has 0 bridgehead atoms. The van der Waals surface area contributed by atoms with Crippen molar-refractivity contribution in [3.63, 3.8) is 0 Å². The van der Waals surface area contributed by atoms with Crippen LogP contribution in [-0.2, 0) is 19.5 Å². The first-order valence-corrected chi connectivity index (χ1v) is 10.1. The van der Waals surface area contributed by atoms with E-state index in [-0.39, 0.29) is 5.91 Å². The van der Waals surface area contributed by atoms with Gasteiger partial charge in [0, 0.05) is 55.7 Å². The second kappa shape index (κ2) is 6.48. The molecule has 5 nitrogen and oxygen atoms in total. The Labute approximate surface area is 142 Å². The van der Waals surface area contributed by atoms with Crippen LogP contribution in [0.15, 0.2) is 0 Å². The number of hydrogen-bond acceptors (Lipinski definition) is 4. The topological polar surface area (TPSA) is 50.2 Å². The molecular weight excluding hydrogens is 308 g/mol. The third-order valence-corrected chi connectivity index (χ3v) is 6.41. The maximum atomic E-state index is 12.4. The predicted molar refractivity (Wildman–Crippen MR) is 92.8 cm³/mol. The summed E-state index contributed by atoms with van der Waals surface area (Å²) in [5.41, 5.74) is 3.19. The lowest BCUT2D eigenvalue weighted by atomic mass is 10.0. The van der Waals surface area contributed by atoms with Crippen LogP contribution in [0.2, 0.25) is 0 Å². The monoisotopic (exact) mass is 334 g/mol. The molecule has 3 aliphatic rings. The lowest BCUT2D eigenvalue weighted by molar-refractivity contribution is 0.0946. The fraction of sp³-hybridized carbons (Fsp3) is 0.765. The third-order valence-electron chi connectivity index (χ3n) is 5.27. The van der Waals surface area contributed by atoms with Gasteiger partial charge in [-0.2, -0.15) is 16.9 Å². The first-order chi connectivity index (χ1) is 11.3. The van der Waals surface area contributed by atoms with Crippen molar-refractivity contribution < 1.29 is 4.79 Å². The number of aromatic nitrogens is 2. The first kappa shape index (κ1) is 15.5. The van der Waals surface area contributed by atoms with Crippen molar-refractivity contribution in [1.82, 2.24) is 20.0 Å². The summed E-state index contributed by atoms with van der Waals surface area (Å²) in [6.45, 7) is 5.64. The lowest BCUT2D eigenvalue weighted by Gasteiger charge is -2.32. The summed E-state index contributed by atoms with van der Waals surface area (Å²) >= 11 is 2.06. The zero-order valence-corrected chi connectivity index (χ0v) is 14.7. The van der Waals surface area contributed by atoms with Crippen LogP contribution in [0.25, 0.3) is 0 Å². The number of nitrogens with one attached hydrogen (secondary N) is 1. The van der Waals surface area contributed by atoms with E-state index in [4.69, 9.17) is 5.10 Å². The fourth-order valence-electron chi connectivity index (χ4n) is 3.76. The molecule has 1 atom stereocenters. The van der Waals surface area contributed by atoms with Gasteiger partial charge in [0.1, 0.15) is 0 Å². The van der Waals surface area contributed by atoms with Gasteiger partial charge in [0.15, 0.2) is 5.69 Å². The van der Waals surface area contributed by atoms with E-state index in [9.17, 15) is 4.79 Å². The molecular formula is C17H26N4OS. The van der Waals surface area contributed by atoms with Gasteiger partial charge in [0.2, 0.25) is 0 Å². The van der Waals surface area contributed by atoms with Crippen LogP contribution in [0.1, 0.15) is 47.9 Å². The van der Waals surface area contributed by atoms with Crippen molar-refractivity contribution in [1.29, 1.82) is 0 Å². The van der Waals surface area contributed by atoms with E-state index in [1.165, 1.54) is 42.0 Å². The van der Waals surface area contributed by atoms with Gasteiger partial charge in [-0.1, -0.05) is 0 Å². The number of fused-ring (bicyclic) bond motifs is 1. The summed E-state index contributed by atoms with van der Waals surface area (Å²) in [5.74, 6) is 3.30. The Morgan fingerprint density at radius 2 is 2.26 bits per heavy atom. The van der Waals surface area contributed by atoms with Gasteiger partial charge < -0.3 is 5.32 Å². The second-order valence-electron chi connectivity index (χ2n) is 7.00. The number of rotatable bonds is 5. The van der Waals surface area contributed by atoms with Gasteiger partial charge in [-0.25, -0.2) is 0 Å². The van der Waals surface area contributed by atoms with E-state index in [1.807, 2.05) is 6.92 Å². The molecule has 1 aliphatic carbocycles. The Hall–Kier alpha value is -1.01. The van der Waals surface area contributed by atoms with Crippen LogP contribution in [0.4, 0.5) is 0 Å². The lowest BCUT2D eigenvalue weighted by Crippen LogP contribution is -2.40. The standard InChI is InChI=1S/C17H26N4OS/c1-2-18-17(22)16-14-10-20(13-6-8-23-11-13)7-5-15(14)21(19-16)9-12-3-4-12/h12-13H,2-11H2,1H3,(H,18,22). The van der Waals surface area contributed by atoms with Gasteiger partial charge in [-0.05, 0) is 37.9 Å². The Morgan fingerprint density at radius 1 is 1.39 bits per heavy atom. The van der Waals surface area contributed by atoms with Gasteiger partial charge >= 0.3 is 0 Å². The number of carbonyl (C=O) groups is 1. The molecule has 3 heterocycles. The Morgan fingerprint density at radius 3 is 2.96 bits per heavy atom. The van der Waals surface area contributed by atoms with Gasteiger partial charge in [-0.3, -0.25) is 14.4 Å². The van der Waals surface area contributed by atoms with Crippen molar-refractivity contribution in [3.05, 3.63) is 17.0 Å². The van der Waals surface area contributed by atoms with Crippen molar-refractivity contribution in [2.24, 2.45) is 5.92 Å². The van der Waals surface area contributed by atoms with Crippen molar-refractivity contribution in [3.8, 4) is 0 Å². The van der Waals surface area contributed by atoms with E-state index in [1.54, 1.807) is 0 Å². The maximum absolute atomic E-state index is 12.4. The number of amides is 1. The second-order valence-corrected chi connectivity index (χ2v) is 8.15. The summed E-state index contributed by atoms with van der Waals surface area (Å²) in [7, 11) is 0. The van der Waals surface area contributed by atoms with Gasteiger partial charge in [0.05, 0.1) is 0 Å². The van der Waals surface area contributed by atoms with Crippen LogP contribution in [0, 0.1) is 5.92 Å². The number of carbonyl (C=O) groups excluding carboxylic acids is 1. The highest BCUT2D eigenvalue weighted by molar-refractivity contribution is 7.99. The minimum Gasteiger partial charge on any atom is -0.351 e. The summed E-state index contributed by atoms with van der Waals surface area (Å²) in [4.78, 5) is 15.0. The molecule has 1 unspecified atom stereocenters. The molecule has 0 spiro atoms. The highest BCUT2D eigenvalue weighted by atomic mass is 32.2. The molecule has 23 heavy (non-hydrogen) atoms. The molecule has 1 saturated carbocycles. The molecule has 0 radical (unpaired) electrons. The number of thioether (sulfide) groups is 1. The normalized spacial score (nSPS) is 24.7. The molecule has 1 aromatic rings. The van der Waals surface area contributed by atoms with E-state index in [0.29, 0.717) is 18.3 Å². The van der Waals surface area contributed by atoms with Crippen LogP contribution < -0.4 is 5.32 Å². The highest BCUT2D eigenvalue weighted by Crippen LogP contribution is 2.33. The molecule has 0 aromatic carbocycles. The zero-order valence-electron chi connectivity index (χ0n) is 13.9. The number of hydrogen-bond donors (Lipinski definition) is 1. The summed E-state index contributed by atoms with van der Waals surface area (Å²) in [6, 6.07) is 0.682. The average Bonchev–Trinajstić information content (AvgIpc) is 3.08. The molecule has 1 N–H and O–H groups in total. The Bertz CT molecular complexity index is 590. The molecule has 2 fully saturated rings. The fourth-order valence-corrected chi connectivity index (χ4v) is 5.01. The van der Waals surface area contributed by atoms with Crippen LogP contribution in [0.3, 0.4) is 0 Å². The van der Waals surface area contributed by atoms with Crippen molar-refractivity contribution in [2.75, 3.05) is 24.6 Å². The quantitative estimate of drug-likeness (QED) is 0.894. The SMILES string of the molecule is CCNC(=O)c1nn(CC2CC2)c2c1CN(C1CCSC1)CC2. The summed E-state index contributed by atoms with van der Waals surface area (Å²) in [5, 5.41) is 7.67. The minimum absolute atomic E-state index is 0.000874. The minimum atomic E-state index is 0.000874. The molecule has 126 valence electrons. The molecule has 2 aliphatic heterocycles. The third kappa shape index (κ3) is 3.15. The Kier molecular flexibility index (Phi) is 4.37. The average molecular weight is 334 g/mol. The number of nitrogens with zero attached hydrogens (tertiary/aromatic N) is 3. The molecule has 6 heteroatoms. The van der Waals surface area contributed by atoms with Crippen LogP contribution in [-0.4, -0.2) is 51.2 Å². The first-order valence-electron chi connectivity index (χ1n) is 8.94. The highest BCUT2D eigenvalue weighted by Gasteiger charge is 2.33. The van der Waals surface area contributed by atoms with Gasteiger partial charge in [0.25, 0.3) is 5.91 Å². The van der Waals surface area contributed by atoms with E-state index in [2.05, 4.69) is 26.7 Å². The zero-order chi connectivity index (χ0) is 15.8.